The number of likely N-dealkylation sites (tertiary alicyclic amines) is 2. The highest BCUT2D eigenvalue weighted by Crippen LogP contribution is 2.22. The number of aromatic nitrogens is 5. The van der Waals surface area contributed by atoms with Gasteiger partial charge in [0.15, 0.2) is 11.5 Å². The molecule has 0 saturated carbocycles. The summed E-state index contributed by atoms with van der Waals surface area (Å²) in [6.07, 6.45) is 7.14. The summed E-state index contributed by atoms with van der Waals surface area (Å²) in [6, 6.07) is 0.0573. The number of carbonyl (C=O) groups is 2. The van der Waals surface area contributed by atoms with Gasteiger partial charge in [0.25, 0.3) is 11.8 Å². The minimum Gasteiger partial charge on any atom is -0.337 e. The Hall–Kier alpha value is -2.71. The number of rotatable bonds is 3. The zero-order valence-corrected chi connectivity index (χ0v) is 13.5. The molecule has 0 aliphatic carbocycles. The van der Waals surface area contributed by atoms with Crippen molar-refractivity contribution < 1.29 is 9.59 Å². The van der Waals surface area contributed by atoms with Crippen LogP contribution in [0.15, 0.2) is 18.6 Å². The maximum absolute atomic E-state index is 12.3. The average molecular weight is 329 g/mol. The molecule has 2 saturated heterocycles. The number of aryl methyl sites for hydroxylation is 1. The highest BCUT2D eigenvalue weighted by atomic mass is 16.2. The van der Waals surface area contributed by atoms with E-state index in [0.717, 1.165) is 25.9 Å². The van der Waals surface area contributed by atoms with Gasteiger partial charge in [0.1, 0.15) is 0 Å². The van der Waals surface area contributed by atoms with E-state index in [4.69, 9.17) is 0 Å². The average Bonchev–Trinajstić information content (AvgIpc) is 3.26. The first kappa shape index (κ1) is 14.9. The fourth-order valence-electron chi connectivity index (χ4n) is 3.14. The Bertz CT molecular complexity index is 768. The third kappa shape index (κ3) is 2.45. The lowest BCUT2D eigenvalue weighted by atomic mass is 10.1. The molecular formula is C15H19N7O2. The fraction of sp³-hybridized carbons (Fsp3) is 0.533. The number of hydrogen-bond donors (Lipinski definition) is 0. The molecule has 24 heavy (non-hydrogen) atoms. The summed E-state index contributed by atoms with van der Waals surface area (Å²) in [7, 11) is 1.80. The third-order valence-corrected chi connectivity index (χ3v) is 4.66. The molecule has 0 unspecified atom stereocenters. The molecule has 2 aliphatic rings. The standard InChI is InChI=1S/C15H19N7O2/c1-19-7-4-16-13(19)15(24)21-8-11(9-21)22-10-12(17-18-22)14(23)20-5-2-3-6-20/h4,7,10-11H,2-3,5-6,8-9H2,1H3. The van der Waals surface area contributed by atoms with E-state index in [1.54, 1.807) is 39.8 Å². The Morgan fingerprint density at radius 2 is 1.88 bits per heavy atom. The van der Waals surface area contributed by atoms with Crippen molar-refractivity contribution in [1.82, 2.24) is 34.3 Å². The molecular weight excluding hydrogens is 310 g/mol. The van der Waals surface area contributed by atoms with Gasteiger partial charge < -0.3 is 14.4 Å². The van der Waals surface area contributed by atoms with Crippen molar-refractivity contribution in [2.75, 3.05) is 26.2 Å². The summed E-state index contributed by atoms with van der Waals surface area (Å²) in [6.45, 7) is 2.68. The topological polar surface area (TPSA) is 89.2 Å². The lowest BCUT2D eigenvalue weighted by Crippen LogP contribution is -2.51. The van der Waals surface area contributed by atoms with Gasteiger partial charge in [0.05, 0.1) is 12.2 Å². The predicted octanol–water partition coefficient (Wildman–Crippen LogP) is -0.0553. The van der Waals surface area contributed by atoms with Crippen LogP contribution in [0.3, 0.4) is 0 Å². The van der Waals surface area contributed by atoms with Gasteiger partial charge in [-0.15, -0.1) is 5.10 Å². The Morgan fingerprint density at radius 1 is 1.12 bits per heavy atom. The van der Waals surface area contributed by atoms with Gasteiger partial charge >= 0.3 is 0 Å². The Balaban J connectivity index is 1.38. The second-order valence-electron chi connectivity index (χ2n) is 6.31. The second-order valence-corrected chi connectivity index (χ2v) is 6.31. The quantitative estimate of drug-likeness (QED) is 0.787. The van der Waals surface area contributed by atoms with Crippen LogP contribution in [0.5, 0.6) is 0 Å². The van der Waals surface area contributed by atoms with E-state index in [1.165, 1.54) is 0 Å². The van der Waals surface area contributed by atoms with Crippen molar-refractivity contribution in [3.63, 3.8) is 0 Å². The van der Waals surface area contributed by atoms with Crippen LogP contribution in [0.1, 0.15) is 40.0 Å². The minimum absolute atomic E-state index is 0.0565. The molecule has 4 rings (SSSR count). The van der Waals surface area contributed by atoms with Crippen LogP contribution in [0.4, 0.5) is 0 Å². The Kier molecular flexibility index (Phi) is 3.55. The molecule has 126 valence electrons. The Morgan fingerprint density at radius 3 is 2.54 bits per heavy atom. The first-order chi connectivity index (χ1) is 11.6. The number of nitrogens with zero attached hydrogens (tertiary/aromatic N) is 7. The van der Waals surface area contributed by atoms with Crippen LogP contribution >= 0.6 is 0 Å². The second kappa shape index (κ2) is 5.73. The normalized spacial score (nSPS) is 18.0. The van der Waals surface area contributed by atoms with Crippen molar-refractivity contribution >= 4 is 11.8 Å². The number of carbonyl (C=O) groups excluding carboxylic acids is 2. The van der Waals surface area contributed by atoms with Crippen molar-refractivity contribution in [2.24, 2.45) is 7.05 Å². The van der Waals surface area contributed by atoms with Gasteiger partial charge in [0, 0.05) is 45.6 Å². The van der Waals surface area contributed by atoms with Crippen molar-refractivity contribution in [3.8, 4) is 0 Å². The van der Waals surface area contributed by atoms with E-state index in [0.29, 0.717) is 24.6 Å². The van der Waals surface area contributed by atoms with E-state index in [2.05, 4.69) is 15.3 Å². The van der Waals surface area contributed by atoms with Gasteiger partial charge in [-0.25, -0.2) is 9.67 Å². The summed E-state index contributed by atoms with van der Waals surface area (Å²) in [4.78, 5) is 32.2. The monoisotopic (exact) mass is 329 g/mol. The van der Waals surface area contributed by atoms with E-state index in [1.807, 2.05) is 4.90 Å². The molecule has 0 spiro atoms. The number of amides is 2. The molecule has 0 bridgehead atoms. The molecule has 0 radical (unpaired) electrons. The van der Waals surface area contributed by atoms with Gasteiger partial charge in [-0.05, 0) is 12.8 Å². The van der Waals surface area contributed by atoms with E-state index < -0.39 is 0 Å². The third-order valence-electron chi connectivity index (χ3n) is 4.66. The summed E-state index contributed by atoms with van der Waals surface area (Å²) in [5.74, 6) is 0.281. The van der Waals surface area contributed by atoms with E-state index >= 15 is 0 Å². The SMILES string of the molecule is Cn1ccnc1C(=O)N1CC(n2cc(C(=O)N3CCCC3)nn2)C1. The van der Waals surface area contributed by atoms with Crippen molar-refractivity contribution in [2.45, 2.75) is 18.9 Å². The van der Waals surface area contributed by atoms with Crippen LogP contribution in [0, 0.1) is 0 Å². The molecule has 0 N–H and O–H groups in total. The summed E-state index contributed by atoms with van der Waals surface area (Å²) >= 11 is 0. The molecule has 2 aromatic heterocycles. The van der Waals surface area contributed by atoms with Crippen molar-refractivity contribution in [1.29, 1.82) is 0 Å². The molecule has 2 amide bonds. The first-order valence-corrected chi connectivity index (χ1v) is 8.11. The van der Waals surface area contributed by atoms with Gasteiger partial charge in [0.2, 0.25) is 0 Å². The summed E-state index contributed by atoms with van der Waals surface area (Å²) in [5.41, 5.74) is 0.380. The lowest BCUT2D eigenvalue weighted by molar-refractivity contribution is 0.0482. The minimum atomic E-state index is -0.0905. The van der Waals surface area contributed by atoms with Gasteiger partial charge in [-0.3, -0.25) is 9.59 Å². The zero-order chi connectivity index (χ0) is 16.7. The highest BCUT2D eigenvalue weighted by Gasteiger charge is 2.35. The molecule has 9 heteroatoms. The van der Waals surface area contributed by atoms with Crippen LogP contribution in [0.25, 0.3) is 0 Å². The molecule has 0 atom stereocenters. The number of hydrogen-bond acceptors (Lipinski definition) is 5. The molecule has 4 heterocycles. The summed E-state index contributed by atoms with van der Waals surface area (Å²) in [5, 5.41) is 8.06. The number of imidazole rings is 1. The highest BCUT2D eigenvalue weighted by molar-refractivity contribution is 5.92. The van der Waals surface area contributed by atoms with Gasteiger partial charge in [-0.1, -0.05) is 5.21 Å². The fourth-order valence-corrected chi connectivity index (χ4v) is 3.14. The molecule has 2 aromatic rings. The predicted molar refractivity (Wildman–Crippen MR) is 83.3 cm³/mol. The van der Waals surface area contributed by atoms with Crippen LogP contribution in [0.2, 0.25) is 0 Å². The molecule has 2 aliphatic heterocycles. The van der Waals surface area contributed by atoms with E-state index in [9.17, 15) is 9.59 Å². The van der Waals surface area contributed by atoms with Crippen LogP contribution in [-0.4, -0.2) is 72.3 Å². The summed E-state index contributed by atoms with van der Waals surface area (Å²) < 4.78 is 3.39. The van der Waals surface area contributed by atoms with Crippen LogP contribution in [-0.2, 0) is 7.05 Å². The smallest absolute Gasteiger partial charge is 0.289 e. The molecule has 0 aromatic carbocycles. The molecule has 9 nitrogen and oxygen atoms in total. The van der Waals surface area contributed by atoms with E-state index in [-0.39, 0.29) is 17.9 Å². The lowest BCUT2D eigenvalue weighted by Gasteiger charge is -2.38. The Labute approximate surface area is 138 Å². The van der Waals surface area contributed by atoms with Crippen LogP contribution < -0.4 is 0 Å². The molecule has 2 fully saturated rings. The maximum atomic E-state index is 12.3. The first-order valence-electron chi connectivity index (χ1n) is 8.11. The van der Waals surface area contributed by atoms with Gasteiger partial charge in [-0.2, -0.15) is 0 Å². The largest absolute Gasteiger partial charge is 0.337 e. The van der Waals surface area contributed by atoms with Crippen molar-refractivity contribution in [3.05, 3.63) is 30.1 Å². The zero-order valence-electron chi connectivity index (χ0n) is 13.5. The maximum Gasteiger partial charge on any atom is 0.289 e.